The van der Waals surface area contributed by atoms with Crippen molar-refractivity contribution in [2.45, 2.75) is 108 Å². The lowest BCUT2D eigenvalue weighted by Crippen LogP contribution is -2.43. The minimum absolute atomic E-state index is 0.281. The maximum atomic E-state index is 6.61. The third kappa shape index (κ3) is 13.2. The van der Waals surface area contributed by atoms with Gasteiger partial charge in [0.05, 0.1) is 24.5 Å². The number of aliphatic imine (C=N–C) groups is 1. The summed E-state index contributed by atoms with van der Waals surface area (Å²) < 4.78 is 14.0. The summed E-state index contributed by atoms with van der Waals surface area (Å²) in [6.45, 7) is 2.10. The van der Waals surface area contributed by atoms with Gasteiger partial charge in [0.2, 0.25) is 0 Å². The lowest BCUT2D eigenvalue weighted by atomic mass is 9.92. The average molecular weight is 992 g/mol. The molecule has 0 amide bonds. The van der Waals surface area contributed by atoms with Gasteiger partial charge in [0, 0.05) is 48.2 Å². The number of halogens is 4. The van der Waals surface area contributed by atoms with Gasteiger partial charge in [0.25, 0.3) is 0 Å². The number of nitrogens with one attached hydrogen (secondary N) is 1. The summed E-state index contributed by atoms with van der Waals surface area (Å²) in [5, 5.41) is 5.25. The first-order valence-electron chi connectivity index (χ1n) is 20.2. The van der Waals surface area contributed by atoms with Crippen LogP contribution in [0.3, 0.4) is 0 Å². The molecule has 4 aromatic rings. The second-order valence-electron chi connectivity index (χ2n) is 14.9. The summed E-state index contributed by atoms with van der Waals surface area (Å²) in [7, 11) is 3.41. The molecule has 4 aromatic carbocycles. The van der Waals surface area contributed by atoms with Crippen molar-refractivity contribution < 1.29 is 9.47 Å². The van der Waals surface area contributed by atoms with Crippen LogP contribution in [0, 0.1) is 0 Å². The molecular weight excluding hydrogens is 935 g/mol. The summed E-state index contributed by atoms with van der Waals surface area (Å²) in [5.74, 6) is 3.79. The monoisotopic (exact) mass is 988 g/mol. The zero-order valence-corrected chi connectivity index (χ0v) is 40.0. The molecule has 0 aromatic heterocycles. The van der Waals surface area contributed by atoms with Gasteiger partial charge in [-0.15, -0.1) is 11.8 Å². The van der Waals surface area contributed by atoms with E-state index in [4.69, 9.17) is 61.4 Å². The van der Waals surface area contributed by atoms with Crippen LogP contribution in [0.2, 0.25) is 10.0 Å². The molecule has 2 fully saturated rings. The van der Waals surface area contributed by atoms with Gasteiger partial charge in [-0.1, -0.05) is 124 Å². The first kappa shape index (κ1) is 46.9. The number of nitrogens with two attached hydrogens (primary N) is 2. The number of thiocarbonyl (C=S) groups is 1. The van der Waals surface area contributed by atoms with Gasteiger partial charge in [-0.05, 0) is 128 Å². The number of hydrogen-bond donors (Lipinski definition) is 3. The molecular formula is C46H56Br2Cl2N4O2S2. The quantitative estimate of drug-likeness (QED) is 0.129. The lowest BCUT2D eigenvalue weighted by molar-refractivity contribution is 0.385. The molecule has 1 heterocycles. The van der Waals surface area contributed by atoms with Gasteiger partial charge in [0.15, 0.2) is 0 Å². The molecule has 58 heavy (non-hydrogen) atoms. The van der Waals surface area contributed by atoms with E-state index in [2.05, 4.69) is 68.4 Å². The minimum atomic E-state index is 0.281. The van der Waals surface area contributed by atoms with Gasteiger partial charge >= 0.3 is 0 Å². The Labute approximate surface area is 382 Å². The number of rotatable bonds is 11. The number of ether oxygens (including phenoxy) is 2. The van der Waals surface area contributed by atoms with Crippen LogP contribution >= 0.6 is 79.0 Å². The molecule has 0 radical (unpaired) electrons. The highest BCUT2D eigenvalue weighted by molar-refractivity contribution is 9.10. The van der Waals surface area contributed by atoms with Crippen molar-refractivity contribution in [1.82, 2.24) is 5.32 Å². The second kappa shape index (κ2) is 23.7. The van der Waals surface area contributed by atoms with Crippen LogP contribution in [0.1, 0.15) is 91.7 Å². The third-order valence-corrected chi connectivity index (χ3v) is 14.0. The molecule has 6 nitrogen and oxygen atoms in total. The third-order valence-electron chi connectivity index (χ3n) is 11.0. The number of methoxy groups -OCH3 is 2. The van der Waals surface area contributed by atoms with E-state index in [1.54, 1.807) is 26.0 Å². The fourth-order valence-corrected chi connectivity index (χ4v) is 10.3. The predicted octanol–water partition coefficient (Wildman–Crippen LogP) is 12.1. The number of hydrogen-bond acceptors (Lipinski definition) is 8. The van der Waals surface area contributed by atoms with E-state index >= 15 is 0 Å². The molecule has 3 aliphatic rings. The van der Waals surface area contributed by atoms with Crippen molar-refractivity contribution >= 4 is 89.1 Å². The van der Waals surface area contributed by atoms with Gasteiger partial charge in [-0.3, -0.25) is 4.99 Å². The number of nitrogens with zero attached hydrogens (tertiary/aromatic N) is 1. The molecule has 7 rings (SSSR count). The van der Waals surface area contributed by atoms with E-state index in [0.29, 0.717) is 12.1 Å². The molecule has 312 valence electrons. The van der Waals surface area contributed by atoms with Gasteiger partial charge in [-0.2, -0.15) is 0 Å². The zero-order valence-electron chi connectivity index (χ0n) is 33.7. The van der Waals surface area contributed by atoms with Crippen LogP contribution in [0.5, 0.6) is 11.5 Å². The van der Waals surface area contributed by atoms with Crippen molar-refractivity contribution in [2.24, 2.45) is 16.5 Å². The minimum Gasteiger partial charge on any atom is -0.496 e. The van der Waals surface area contributed by atoms with Crippen LogP contribution < -0.4 is 26.3 Å². The first-order chi connectivity index (χ1) is 28.0. The molecule has 5 N–H and O–H groups in total. The van der Waals surface area contributed by atoms with Crippen molar-refractivity contribution in [3.8, 4) is 11.5 Å². The summed E-state index contributed by atoms with van der Waals surface area (Å²) >= 11 is 27.3. The number of benzene rings is 4. The highest BCUT2D eigenvalue weighted by atomic mass is 79.9. The zero-order chi connectivity index (χ0) is 41.6. The van der Waals surface area contributed by atoms with E-state index < -0.39 is 0 Å². The van der Waals surface area contributed by atoms with Crippen molar-refractivity contribution in [1.29, 1.82) is 0 Å². The Morgan fingerprint density at radius 3 is 1.84 bits per heavy atom. The van der Waals surface area contributed by atoms with Crippen molar-refractivity contribution in [2.75, 3.05) is 20.0 Å². The van der Waals surface area contributed by atoms with E-state index in [1.807, 2.05) is 48.5 Å². The molecule has 12 heteroatoms. The Balaban J connectivity index is 0.000000187. The summed E-state index contributed by atoms with van der Waals surface area (Å²) in [6.07, 6.45) is 13.1. The Bertz CT molecular complexity index is 2010. The van der Waals surface area contributed by atoms with Crippen LogP contribution in [0.25, 0.3) is 0 Å². The summed E-state index contributed by atoms with van der Waals surface area (Å²) in [4.78, 5) is 5.00. The lowest BCUT2D eigenvalue weighted by Gasteiger charge is -2.24. The van der Waals surface area contributed by atoms with Gasteiger partial charge in [0.1, 0.15) is 17.3 Å². The van der Waals surface area contributed by atoms with E-state index in [0.717, 1.165) is 113 Å². The highest BCUT2D eigenvalue weighted by Crippen LogP contribution is 2.32. The molecule has 0 spiro atoms. The molecule has 4 atom stereocenters. The van der Waals surface area contributed by atoms with Crippen LogP contribution in [0.15, 0.2) is 86.7 Å². The maximum Gasteiger partial charge on any atom is 0.129 e. The van der Waals surface area contributed by atoms with E-state index in [9.17, 15) is 0 Å². The SMILES string of the molecule is CCSC(=S)c1cccc(Cl)c1CCc1cc(Br)ccc1OC.COc1ccc(Br)cc1CCc1c(Cl)cccc1C1=N[C@H]2CCCC[C@@H]2N1.N[C@@H]1CCCC[C@H]1N. The van der Waals surface area contributed by atoms with E-state index in [-0.39, 0.29) is 12.1 Å². The highest BCUT2D eigenvalue weighted by Gasteiger charge is 2.32. The Kier molecular flexibility index (Phi) is 19.2. The fraction of sp³-hybridized carbons (Fsp3) is 0.435. The summed E-state index contributed by atoms with van der Waals surface area (Å²) in [5.41, 5.74) is 18.1. The number of aryl methyl sites for hydroxylation is 2. The Hall–Kier alpha value is -2.15. The smallest absolute Gasteiger partial charge is 0.129 e. The van der Waals surface area contributed by atoms with Gasteiger partial charge < -0.3 is 26.3 Å². The van der Waals surface area contributed by atoms with Crippen LogP contribution in [-0.4, -0.2) is 54.2 Å². The normalized spacial score (nSPS) is 19.6. The molecule has 2 aliphatic carbocycles. The van der Waals surface area contributed by atoms with Gasteiger partial charge in [-0.25, -0.2) is 0 Å². The average Bonchev–Trinajstić information content (AvgIpc) is 3.66. The largest absolute Gasteiger partial charge is 0.496 e. The maximum absolute atomic E-state index is 6.61. The van der Waals surface area contributed by atoms with Crippen molar-refractivity contribution in [3.05, 3.63) is 125 Å². The fourth-order valence-electron chi connectivity index (χ4n) is 7.80. The Morgan fingerprint density at radius 1 is 0.759 bits per heavy atom. The predicted molar refractivity (Wildman–Crippen MR) is 259 cm³/mol. The second-order valence-corrected chi connectivity index (χ2v) is 19.4. The molecule has 1 aliphatic heterocycles. The molecule has 2 saturated carbocycles. The summed E-state index contributed by atoms with van der Waals surface area (Å²) in [6, 6.07) is 25.7. The van der Waals surface area contributed by atoms with Crippen molar-refractivity contribution in [3.63, 3.8) is 0 Å². The molecule has 0 bridgehead atoms. The molecule has 0 saturated heterocycles. The standard InChI is InChI=1S/C22H24BrClN2O.C18H18BrClOS2.C6H14N2/c1-27-21-12-10-15(23)13-14(21)9-11-16-17(5-4-6-18(16)24)22-25-19-7-2-3-8-20(19)26-22;1-3-23-18(22)15-5-4-6-16(20)14(15)9-7-12-11-13(19)8-10-17(12)21-2;7-5-3-1-2-4-6(5)8/h4-6,10,12-13,19-20H,2-3,7-9,11H2,1H3,(H,25,26);4-6,8,10-11H,3,7,9H2,1-2H3;5-6H,1-4,7-8H2/t19-,20-;;5-,6-/m0.1/s1. The van der Waals surface area contributed by atoms with Crippen LogP contribution in [-0.2, 0) is 25.7 Å². The van der Waals surface area contributed by atoms with E-state index in [1.165, 1.54) is 44.1 Å². The number of thioether (sulfide) groups is 1. The first-order valence-corrected chi connectivity index (χ1v) is 24.0. The molecule has 0 unspecified atom stereocenters. The van der Waals surface area contributed by atoms with Crippen LogP contribution in [0.4, 0.5) is 0 Å². The topological polar surface area (TPSA) is 94.9 Å². The number of fused-ring (bicyclic) bond motifs is 1. The number of amidine groups is 1. The Morgan fingerprint density at radius 2 is 1.29 bits per heavy atom.